The second-order valence-corrected chi connectivity index (χ2v) is 9.11. The highest BCUT2D eigenvalue weighted by atomic mass is 32.2. The van der Waals surface area contributed by atoms with Crippen molar-refractivity contribution < 1.29 is 39.5 Å². The molecule has 0 N–H and O–H groups in total. The molecule has 0 spiro atoms. The lowest BCUT2D eigenvalue weighted by Crippen LogP contribution is -2.66. The maximum atomic E-state index is 14.0. The summed E-state index contributed by atoms with van der Waals surface area (Å²) in [5, 5.41) is 0. The van der Waals surface area contributed by atoms with E-state index in [2.05, 4.69) is 0 Å². The Morgan fingerprint density at radius 1 is 0.935 bits per heavy atom. The van der Waals surface area contributed by atoms with Gasteiger partial charge in [-0.05, 0) is 49.6 Å². The van der Waals surface area contributed by atoms with Gasteiger partial charge in [-0.2, -0.15) is 30.6 Å². The summed E-state index contributed by atoms with van der Waals surface area (Å²) in [5.41, 5.74) is -3.94. The van der Waals surface area contributed by atoms with Crippen LogP contribution in [0.4, 0.5) is 26.3 Å². The minimum Gasteiger partial charge on any atom is -0.497 e. The molecule has 31 heavy (non-hydrogen) atoms. The van der Waals surface area contributed by atoms with Crippen molar-refractivity contribution in [3.8, 4) is 5.75 Å². The third-order valence-electron chi connectivity index (χ3n) is 5.46. The van der Waals surface area contributed by atoms with Gasteiger partial charge in [0.05, 0.1) is 18.0 Å². The number of alkyl halides is 6. The molecule has 0 aromatic heterocycles. The number of aryl methyl sites for hydroxylation is 1. The summed E-state index contributed by atoms with van der Waals surface area (Å²) < 4.78 is 115. The topological polar surface area (TPSA) is 46.6 Å². The van der Waals surface area contributed by atoms with Crippen molar-refractivity contribution in [2.24, 2.45) is 0 Å². The van der Waals surface area contributed by atoms with Crippen molar-refractivity contribution in [2.75, 3.05) is 7.11 Å². The SMILES string of the molecule is COc1ccc(C2CCC(C(F)(F)F)(C(F)(F)F)N2S(=O)(=O)c2ccc(C)cc2)cc1. The Balaban J connectivity index is 2.27. The number of halogens is 6. The molecule has 3 rings (SSSR count). The van der Waals surface area contributed by atoms with Crippen LogP contribution in [0.2, 0.25) is 0 Å². The number of hydrogen-bond acceptors (Lipinski definition) is 3. The molecule has 0 bridgehead atoms. The third kappa shape index (κ3) is 3.78. The summed E-state index contributed by atoms with van der Waals surface area (Å²) in [4.78, 5) is -0.642. The Bertz CT molecular complexity index is 1020. The number of nitrogens with zero attached hydrogens (tertiary/aromatic N) is 1. The molecule has 11 heteroatoms. The Kier molecular flexibility index (Phi) is 5.81. The van der Waals surface area contributed by atoms with Gasteiger partial charge < -0.3 is 4.74 Å². The average molecular weight is 467 g/mol. The minimum atomic E-state index is -5.88. The minimum absolute atomic E-state index is 0.00635. The fraction of sp³-hybridized carbons (Fsp3) is 0.400. The van der Waals surface area contributed by atoms with Crippen LogP contribution in [0.25, 0.3) is 0 Å². The van der Waals surface area contributed by atoms with Gasteiger partial charge in [0.15, 0.2) is 0 Å². The molecule has 1 unspecified atom stereocenters. The molecule has 0 aliphatic carbocycles. The van der Waals surface area contributed by atoms with Crippen LogP contribution in [0.1, 0.15) is 30.0 Å². The van der Waals surface area contributed by atoms with Crippen molar-refractivity contribution in [2.45, 2.75) is 48.6 Å². The van der Waals surface area contributed by atoms with Crippen molar-refractivity contribution >= 4 is 10.0 Å². The van der Waals surface area contributed by atoms with E-state index in [1.807, 2.05) is 0 Å². The molecule has 1 fully saturated rings. The summed E-state index contributed by atoms with van der Waals surface area (Å²) >= 11 is 0. The van der Waals surface area contributed by atoms with Crippen LogP contribution >= 0.6 is 0 Å². The van der Waals surface area contributed by atoms with Crippen LogP contribution in [0, 0.1) is 6.92 Å². The molecule has 2 aromatic carbocycles. The highest BCUT2D eigenvalue weighted by molar-refractivity contribution is 7.89. The summed E-state index contributed by atoms with van der Waals surface area (Å²) in [5.74, 6) is 0.326. The number of ether oxygens (including phenoxy) is 1. The zero-order valence-electron chi connectivity index (χ0n) is 16.5. The molecule has 1 atom stereocenters. The van der Waals surface area contributed by atoms with Crippen LogP contribution in [0.15, 0.2) is 53.4 Å². The highest BCUT2D eigenvalue weighted by Gasteiger charge is 2.79. The van der Waals surface area contributed by atoms with Gasteiger partial charge in [-0.15, -0.1) is 0 Å². The fourth-order valence-electron chi connectivity index (χ4n) is 3.86. The average Bonchev–Trinajstić information content (AvgIpc) is 3.11. The molecule has 2 aromatic rings. The monoisotopic (exact) mass is 467 g/mol. The molecule has 1 saturated heterocycles. The maximum absolute atomic E-state index is 14.0. The quantitative estimate of drug-likeness (QED) is 0.567. The molecule has 170 valence electrons. The van der Waals surface area contributed by atoms with E-state index in [0.29, 0.717) is 11.3 Å². The highest BCUT2D eigenvalue weighted by Crippen LogP contribution is 2.59. The van der Waals surface area contributed by atoms with Crippen LogP contribution in [0.3, 0.4) is 0 Å². The molecular formula is C20H19F6NO3S. The Labute approximate surface area is 175 Å². The van der Waals surface area contributed by atoms with Crippen LogP contribution in [-0.4, -0.2) is 37.7 Å². The van der Waals surface area contributed by atoms with Gasteiger partial charge in [0, 0.05) is 0 Å². The molecule has 0 radical (unpaired) electrons. The molecule has 4 nitrogen and oxygen atoms in total. The lowest BCUT2D eigenvalue weighted by atomic mass is 9.96. The first-order valence-corrected chi connectivity index (χ1v) is 10.6. The van der Waals surface area contributed by atoms with E-state index in [0.717, 1.165) is 12.1 Å². The number of benzene rings is 2. The summed E-state index contributed by atoms with van der Waals surface area (Å²) in [7, 11) is -3.84. The van der Waals surface area contributed by atoms with E-state index < -0.39 is 56.0 Å². The molecule has 1 heterocycles. The van der Waals surface area contributed by atoms with Gasteiger partial charge in [0.25, 0.3) is 0 Å². The van der Waals surface area contributed by atoms with Gasteiger partial charge in [0.2, 0.25) is 15.6 Å². The van der Waals surface area contributed by atoms with E-state index in [-0.39, 0.29) is 5.56 Å². The molecule has 0 saturated carbocycles. The standard InChI is InChI=1S/C20H19F6NO3S/c1-13-3-9-16(10-4-13)31(28,29)27-17(14-5-7-15(30-2)8-6-14)11-12-18(27,19(21,22)23)20(24,25)26/h3-10,17H,11-12H2,1-2H3. The first-order chi connectivity index (χ1) is 14.3. The predicted octanol–water partition coefficient (Wildman–Crippen LogP) is 5.39. The van der Waals surface area contributed by atoms with Crippen LogP contribution in [-0.2, 0) is 10.0 Å². The summed E-state index contributed by atoms with van der Waals surface area (Å²) in [6, 6.07) is 8.22. The maximum Gasteiger partial charge on any atom is 0.416 e. The number of sulfonamides is 1. The van der Waals surface area contributed by atoms with Crippen LogP contribution in [0.5, 0.6) is 5.75 Å². The van der Waals surface area contributed by atoms with Gasteiger partial charge in [-0.1, -0.05) is 29.8 Å². The zero-order valence-corrected chi connectivity index (χ0v) is 17.3. The molecular weight excluding hydrogens is 448 g/mol. The Hall–Kier alpha value is -2.27. The summed E-state index contributed by atoms with van der Waals surface area (Å²) in [6.45, 7) is 1.61. The van der Waals surface area contributed by atoms with Gasteiger partial charge in [0.1, 0.15) is 5.75 Å². The largest absolute Gasteiger partial charge is 0.497 e. The van der Waals surface area contributed by atoms with Crippen LogP contribution < -0.4 is 4.74 Å². The second-order valence-electron chi connectivity index (χ2n) is 7.30. The van der Waals surface area contributed by atoms with Crippen molar-refractivity contribution in [3.63, 3.8) is 0 Å². The normalized spacial score (nSPS) is 20.1. The van der Waals surface area contributed by atoms with E-state index in [9.17, 15) is 34.8 Å². The predicted molar refractivity (Wildman–Crippen MR) is 100 cm³/mol. The third-order valence-corrected chi connectivity index (χ3v) is 7.41. The number of hydrogen-bond donors (Lipinski definition) is 0. The summed E-state index contributed by atoms with van der Waals surface area (Å²) in [6.07, 6.45) is -13.9. The van der Waals surface area contributed by atoms with Gasteiger partial charge >= 0.3 is 12.4 Å². The Morgan fingerprint density at radius 3 is 1.90 bits per heavy atom. The lowest BCUT2D eigenvalue weighted by Gasteiger charge is -2.42. The van der Waals surface area contributed by atoms with Gasteiger partial charge in [-0.25, -0.2) is 8.42 Å². The van der Waals surface area contributed by atoms with E-state index in [1.165, 1.54) is 43.5 Å². The van der Waals surface area contributed by atoms with Crippen molar-refractivity contribution in [3.05, 3.63) is 59.7 Å². The molecule has 1 aliphatic heterocycles. The smallest absolute Gasteiger partial charge is 0.416 e. The second kappa shape index (κ2) is 7.70. The van der Waals surface area contributed by atoms with E-state index in [1.54, 1.807) is 6.92 Å². The number of methoxy groups -OCH3 is 1. The van der Waals surface area contributed by atoms with E-state index >= 15 is 0 Å². The molecule has 0 amide bonds. The van der Waals surface area contributed by atoms with Crippen molar-refractivity contribution in [1.82, 2.24) is 4.31 Å². The lowest BCUT2D eigenvalue weighted by molar-refractivity contribution is -0.323. The Morgan fingerprint density at radius 2 is 1.45 bits per heavy atom. The first kappa shape index (κ1) is 23.4. The van der Waals surface area contributed by atoms with Crippen molar-refractivity contribution in [1.29, 1.82) is 0 Å². The first-order valence-electron chi connectivity index (χ1n) is 9.14. The zero-order chi connectivity index (χ0) is 23.2. The molecule has 1 aliphatic rings. The van der Waals surface area contributed by atoms with Gasteiger partial charge in [-0.3, -0.25) is 0 Å². The fourth-order valence-corrected chi connectivity index (χ4v) is 5.84. The number of rotatable bonds is 4. The van der Waals surface area contributed by atoms with E-state index in [4.69, 9.17) is 4.74 Å².